The van der Waals surface area contributed by atoms with Crippen molar-refractivity contribution in [2.75, 3.05) is 0 Å². The van der Waals surface area contributed by atoms with E-state index in [2.05, 4.69) is 5.10 Å². The van der Waals surface area contributed by atoms with E-state index in [1.54, 1.807) is 6.07 Å². The Balaban J connectivity index is 2.36. The summed E-state index contributed by atoms with van der Waals surface area (Å²) in [4.78, 5) is 0. The van der Waals surface area contributed by atoms with Gasteiger partial charge in [-0.15, -0.1) is 0 Å². The number of fused-ring (bicyclic) bond motifs is 1. The molecule has 3 aromatic rings. The van der Waals surface area contributed by atoms with Gasteiger partial charge >= 0.3 is 0 Å². The fraction of sp³-hybridized carbons (Fsp3) is 0.0714. The predicted molar refractivity (Wildman–Crippen MR) is 67.5 cm³/mol. The number of aromatic hydroxyl groups is 1. The summed E-state index contributed by atoms with van der Waals surface area (Å²) in [6.07, 6.45) is 0. The highest BCUT2D eigenvalue weighted by molar-refractivity contribution is 5.88. The first kappa shape index (κ1) is 9.90. The van der Waals surface area contributed by atoms with Gasteiger partial charge < -0.3 is 5.11 Å². The Morgan fingerprint density at radius 1 is 1.00 bits per heavy atom. The molecule has 0 amide bonds. The van der Waals surface area contributed by atoms with Crippen LogP contribution < -0.4 is 0 Å². The molecule has 0 saturated carbocycles. The third-order valence-electron chi connectivity index (χ3n) is 2.86. The summed E-state index contributed by atoms with van der Waals surface area (Å²) >= 11 is 0. The van der Waals surface area contributed by atoms with Crippen molar-refractivity contribution in [1.82, 2.24) is 9.78 Å². The molecular weight excluding hydrogens is 212 g/mol. The summed E-state index contributed by atoms with van der Waals surface area (Å²) < 4.78 is 1.85. The molecule has 0 unspecified atom stereocenters. The number of rotatable bonds is 1. The van der Waals surface area contributed by atoms with E-state index in [1.807, 2.05) is 54.1 Å². The van der Waals surface area contributed by atoms with Crippen LogP contribution in [0.3, 0.4) is 0 Å². The first-order chi connectivity index (χ1) is 8.27. The number of hydrogen-bond donors (Lipinski definition) is 1. The van der Waals surface area contributed by atoms with Crippen molar-refractivity contribution in [1.29, 1.82) is 0 Å². The Morgan fingerprint density at radius 3 is 2.53 bits per heavy atom. The Bertz CT molecular complexity index is 671. The second-order valence-electron chi connectivity index (χ2n) is 4.00. The molecule has 0 saturated heterocycles. The zero-order valence-electron chi connectivity index (χ0n) is 9.46. The molecule has 3 nitrogen and oxygen atoms in total. The van der Waals surface area contributed by atoms with Gasteiger partial charge in [0.2, 0.25) is 0 Å². The van der Waals surface area contributed by atoms with Crippen LogP contribution in [0.1, 0.15) is 5.69 Å². The molecular formula is C14H12N2O. The van der Waals surface area contributed by atoms with Crippen molar-refractivity contribution in [2.45, 2.75) is 6.92 Å². The van der Waals surface area contributed by atoms with Crippen LogP contribution in [0, 0.1) is 6.92 Å². The van der Waals surface area contributed by atoms with Gasteiger partial charge in [-0.3, -0.25) is 0 Å². The molecule has 0 spiro atoms. The molecule has 1 N–H and O–H groups in total. The van der Waals surface area contributed by atoms with Gasteiger partial charge in [-0.05, 0) is 31.2 Å². The minimum absolute atomic E-state index is 0.280. The molecule has 2 aromatic carbocycles. The minimum atomic E-state index is 0.280. The normalized spacial score (nSPS) is 10.9. The maximum absolute atomic E-state index is 9.86. The summed E-state index contributed by atoms with van der Waals surface area (Å²) in [7, 11) is 0. The number of benzene rings is 2. The number of aryl methyl sites for hydroxylation is 1. The highest BCUT2D eigenvalue weighted by atomic mass is 16.3. The van der Waals surface area contributed by atoms with Crippen molar-refractivity contribution in [2.24, 2.45) is 0 Å². The monoisotopic (exact) mass is 224 g/mol. The number of para-hydroxylation sites is 1. The van der Waals surface area contributed by atoms with E-state index in [0.717, 1.165) is 22.3 Å². The van der Waals surface area contributed by atoms with Crippen LogP contribution in [0.4, 0.5) is 0 Å². The van der Waals surface area contributed by atoms with E-state index in [1.165, 1.54) is 0 Å². The van der Waals surface area contributed by atoms with Gasteiger partial charge in [0.25, 0.3) is 0 Å². The smallest absolute Gasteiger partial charge is 0.126 e. The summed E-state index contributed by atoms with van der Waals surface area (Å²) in [6, 6.07) is 15.4. The maximum atomic E-state index is 9.86. The molecule has 0 radical (unpaired) electrons. The van der Waals surface area contributed by atoms with Crippen molar-refractivity contribution in [3.63, 3.8) is 0 Å². The summed E-state index contributed by atoms with van der Waals surface area (Å²) in [5.74, 6) is 0.280. The third-order valence-corrected chi connectivity index (χ3v) is 2.86. The summed E-state index contributed by atoms with van der Waals surface area (Å²) in [6.45, 7) is 1.90. The van der Waals surface area contributed by atoms with E-state index in [0.29, 0.717) is 0 Å². The predicted octanol–water partition coefficient (Wildman–Crippen LogP) is 3.04. The number of phenols is 1. The molecule has 0 bridgehead atoms. The van der Waals surface area contributed by atoms with Gasteiger partial charge in [0, 0.05) is 0 Å². The Labute approximate surface area is 98.9 Å². The maximum Gasteiger partial charge on any atom is 0.126 e. The Morgan fingerprint density at radius 2 is 1.76 bits per heavy atom. The summed E-state index contributed by atoms with van der Waals surface area (Å²) in [5, 5.41) is 15.2. The van der Waals surface area contributed by atoms with Crippen LogP contribution in [0.25, 0.3) is 16.6 Å². The summed E-state index contributed by atoms with van der Waals surface area (Å²) in [5.41, 5.74) is 2.76. The van der Waals surface area contributed by atoms with E-state index < -0.39 is 0 Å². The average Bonchev–Trinajstić information content (AvgIpc) is 2.69. The van der Waals surface area contributed by atoms with E-state index in [-0.39, 0.29) is 5.75 Å². The highest BCUT2D eigenvalue weighted by Gasteiger charge is 2.11. The van der Waals surface area contributed by atoms with E-state index in [4.69, 9.17) is 0 Å². The second kappa shape index (κ2) is 3.63. The number of hydrogen-bond acceptors (Lipinski definition) is 2. The molecule has 0 aliphatic heterocycles. The number of phenolic OH excluding ortho intramolecular Hbond substituents is 1. The van der Waals surface area contributed by atoms with Crippen molar-refractivity contribution < 1.29 is 5.11 Å². The first-order valence-electron chi connectivity index (χ1n) is 5.50. The first-order valence-corrected chi connectivity index (χ1v) is 5.50. The Kier molecular flexibility index (Phi) is 2.11. The number of aromatic nitrogens is 2. The molecule has 0 fully saturated rings. The fourth-order valence-corrected chi connectivity index (χ4v) is 2.10. The van der Waals surface area contributed by atoms with Crippen LogP contribution in [0.5, 0.6) is 5.75 Å². The van der Waals surface area contributed by atoms with Gasteiger partial charge in [-0.25, -0.2) is 4.68 Å². The largest absolute Gasteiger partial charge is 0.507 e. The quantitative estimate of drug-likeness (QED) is 0.690. The lowest BCUT2D eigenvalue weighted by molar-refractivity contribution is 0.481. The molecule has 0 aliphatic carbocycles. The van der Waals surface area contributed by atoms with Gasteiger partial charge in [-0.1, -0.05) is 24.3 Å². The van der Waals surface area contributed by atoms with Crippen molar-refractivity contribution in [3.8, 4) is 11.4 Å². The van der Waals surface area contributed by atoms with Crippen molar-refractivity contribution in [3.05, 3.63) is 54.2 Å². The highest BCUT2D eigenvalue weighted by Crippen LogP contribution is 2.28. The number of nitrogens with zero attached hydrogens (tertiary/aromatic N) is 2. The lowest BCUT2D eigenvalue weighted by Crippen LogP contribution is -1.95. The lowest BCUT2D eigenvalue weighted by Gasteiger charge is -2.02. The van der Waals surface area contributed by atoms with Crippen LogP contribution >= 0.6 is 0 Å². The molecule has 17 heavy (non-hydrogen) atoms. The van der Waals surface area contributed by atoms with E-state index in [9.17, 15) is 5.11 Å². The standard InChI is InChI=1S/C14H12N2O/c1-10-14-12(8-5-9-13(14)17)16(15-10)11-6-3-2-4-7-11/h2-9,17H,1H3. The topological polar surface area (TPSA) is 38.0 Å². The second-order valence-corrected chi connectivity index (χ2v) is 4.00. The third kappa shape index (κ3) is 1.47. The van der Waals surface area contributed by atoms with Crippen LogP contribution in [0.2, 0.25) is 0 Å². The minimum Gasteiger partial charge on any atom is -0.507 e. The molecule has 0 atom stereocenters. The van der Waals surface area contributed by atoms with Crippen LogP contribution in [-0.2, 0) is 0 Å². The van der Waals surface area contributed by atoms with Crippen LogP contribution in [-0.4, -0.2) is 14.9 Å². The lowest BCUT2D eigenvalue weighted by atomic mass is 10.2. The van der Waals surface area contributed by atoms with Crippen LogP contribution in [0.15, 0.2) is 48.5 Å². The molecule has 1 heterocycles. The zero-order valence-corrected chi connectivity index (χ0v) is 9.46. The molecule has 1 aromatic heterocycles. The molecule has 3 rings (SSSR count). The Hall–Kier alpha value is -2.29. The van der Waals surface area contributed by atoms with Gasteiger partial charge in [0.15, 0.2) is 0 Å². The van der Waals surface area contributed by atoms with Gasteiger partial charge in [0.1, 0.15) is 5.75 Å². The molecule has 84 valence electrons. The van der Waals surface area contributed by atoms with Gasteiger partial charge in [0.05, 0.1) is 22.3 Å². The zero-order chi connectivity index (χ0) is 11.8. The van der Waals surface area contributed by atoms with Crippen molar-refractivity contribution >= 4 is 10.9 Å². The molecule has 3 heteroatoms. The fourth-order valence-electron chi connectivity index (χ4n) is 2.10. The SMILES string of the molecule is Cc1nn(-c2ccccc2)c2cccc(O)c12. The van der Waals surface area contributed by atoms with E-state index >= 15 is 0 Å². The average molecular weight is 224 g/mol. The molecule has 0 aliphatic rings. The van der Waals surface area contributed by atoms with Gasteiger partial charge in [-0.2, -0.15) is 5.10 Å².